The fourth-order valence-corrected chi connectivity index (χ4v) is 4.84. The Bertz CT molecular complexity index is 672. The molecule has 1 aliphatic carbocycles. The highest BCUT2D eigenvalue weighted by molar-refractivity contribution is 7.19. The largest absolute Gasteiger partial charge is 0.394 e. The number of thiophene rings is 1. The van der Waals surface area contributed by atoms with Gasteiger partial charge in [-0.15, -0.1) is 11.3 Å². The predicted octanol–water partition coefficient (Wildman–Crippen LogP) is 1.50. The molecule has 0 aromatic carbocycles. The molecule has 112 valence electrons. The van der Waals surface area contributed by atoms with Gasteiger partial charge in [0.25, 0.3) is 0 Å². The number of aliphatic hydroxyl groups excluding tert-OH is 2. The van der Waals surface area contributed by atoms with Gasteiger partial charge in [-0.1, -0.05) is 0 Å². The van der Waals surface area contributed by atoms with Crippen molar-refractivity contribution in [3.63, 3.8) is 0 Å². The summed E-state index contributed by atoms with van der Waals surface area (Å²) in [5.41, 5.74) is 1.40. The second kappa shape index (κ2) is 5.19. The SMILES string of the molecule is OC[C@@H]1C[C@@H](O)CN1c1ncnc2sc3c(c12)CCCC3. The third-order valence-electron chi connectivity index (χ3n) is 4.61. The molecule has 4 rings (SSSR count). The Balaban J connectivity index is 1.86. The summed E-state index contributed by atoms with van der Waals surface area (Å²) in [5, 5.41) is 20.7. The predicted molar refractivity (Wildman–Crippen MR) is 82.9 cm³/mol. The fraction of sp³-hybridized carbons (Fsp3) is 0.600. The summed E-state index contributed by atoms with van der Waals surface area (Å²) in [4.78, 5) is 13.5. The van der Waals surface area contributed by atoms with Gasteiger partial charge in [-0.3, -0.25) is 0 Å². The summed E-state index contributed by atoms with van der Waals surface area (Å²) >= 11 is 1.78. The number of rotatable bonds is 2. The van der Waals surface area contributed by atoms with Crippen LogP contribution in [0.1, 0.15) is 29.7 Å². The lowest BCUT2D eigenvalue weighted by atomic mass is 9.97. The monoisotopic (exact) mass is 305 g/mol. The molecule has 5 nitrogen and oxygen atoms in total. The van der Waals surface area contributed by atoms with Crippen molar-refractivity contribution in [2.45, 2.75) is 44.2 Å². The number of anilines is 1. The second-order valence-corrected chi connectivity index (χ2v) is 7.05. The van der Waals surface area contributed by atoms with Crippen LogP contribution in [0.15, 0.2) is 6.33 Å². The lowest BCUT2D eigenvalue weighted by Crippen LogP contribution is -2.33. The second-order valence-electron chi connectivity index (χ2n) is 5.97. The van der Waals surface area contributed by atoms with Crippen LogP contribution in [0.3, 0.4) is 0 Å². The van der Waals surface area contributed by atoms with Crippen LogP contribution in [-0.4, -0.2) is 45.5 Å². The van der Waals surface area contributed by atoms with Crippen molar-refractivity contribution in [3.8, 4) is 0 Å². The summed E-state index contributed by atoms with van der Waals surface area (Å²) in [5.74, 6) is 0.898. The van der Waals surface area contributed by atoms with Crippen molar-refractivity contribution in [2.24, 2.45) is 0 Å². The van der Waals surface area contributed by atoms with Crippen LogP contribution >= 0.6 is 11.3 Å². The van der Waals surface area contributed by atoms with E-state index in [9.17, 15) is 10.2 Å². The number of aryl methyl sites for hydroxylation is 2. The molecule has 0 spiro atoms. The average molecular weight is 305 g/mol. The quantitative estimate of drug-likeness (QED) is 0.880. The van der Waals surface area contributed by atoms with Gasteiger partial charge in [-0.05, 0) is 37.7 Å². The van der Waals surface area contributed by atoms with E-state index >= 15 is 0 Å². The first kappa shape index (κ1) is 13.4. The molecular weight excluding hydrogens is 286 g/mol. The maximum absolute atomic E-state index is 9.93. The highest BCUT2D eigenvalue weighted by Crippen LogP contribution is 2.40. The van der Waals surface area contributed by atoms with Crippen molar-refractivity contribution in [1.29, 1.82) is 0 Å². The molecule has 1 aliphatic heterocycles. The summed E-state index contributed by atoms with van der Waals surface area (Å²) in [6.45, 7) is 0.594. The number of aliphatic hydroxyl groups is 2. The summed E-state index contributed by atoms with van der Waals surface area (Å²) in [6.07, 6.45) is 6.54. The van der Waals surface area contributed by atoms with E-state index in [-0.39, 0.29) is 18.8 Å². The maximum Gasteiger partial charge on any atom is 0.141 e. The zero-order valence-electron chi connectivity index (χ0n) is 11.8. The number of hydrogen-bond acceptors (Lipinski definition) is 6. The van der Waals surface area contributed by atoms with Crippen LogP contribution < -0.4 is 4.90 Å². The molecule has 0 amide bonds. The number of nitrogens with zero attached hydrogens (tertiary/aromatic N) is 3. The molecule has 6 heteroatoms. The smallest absolute Gasteiger partial charge is 0.141 e. The first-order valence-corrected chi connectivity index (χ1v) is 8.40. The van der Waals surface area contributed by atoms with Crippen LogP contribution in [0.5, 0.6) is 0 Å². The first-order chi connectivity index (χ1) is 10.3. The molecule has 0 saturated carbocycles. The highest BCUT2D eigenvalue weighted by Gasteiger charge is 2.33. The van der Waals surface area contributed by atoms with E-state index in [1.165, 1.54) is 23.3 Å². The van der Waals surface area contributed by atoms with Gasteiger partial charge in [0.05, 0.1) is 24.1 Å². The third kappa shape index (κ3) is 2.13. The summed E-state index contributed by atoms with van der Waals surface area (Å²) in [6, 6.07) is -0.0442. The van der Waals surface area contributed by atoms with Gasteiger partial charge < -0.3 is 15.1 Å². The molecule has 0 bridgehead atoms. The number of fused-ring (bicyclic) bond motifs is 3. The van der Waals surface area contributed by atoms with Crippen molar-refractivity contribution in [3.05, 3.63) is 16.8 Å². The van der Waals surface area contributed by atoms with E-state index in [2.05, 4.69) is 14.9 Å². The van der Waals surface area contributed by atoms with Crippen LogP contribution in [0.2, 0.25) is 0 Å². The van der Waals surface area contributed by atoms with E-state index in [1.807, 2.05) is 0 Å². The Morgan fingerprint density at radius 2 is 2.14 bits per heavy atom. The van der Waals surface area contributed by atoms with Crippen LogP contribution in [0, 0.1) is 0 Å². The minimum atomic E-state index is -0.387. The average Bonchev–Trinajstić information content (AvgIpc) is 3.07. The van der Waals surface area contributed by atoms with Gasteiger partial charge in [0.1, 0.15) is 17.0 Å². The van der Waals surface area contributed by atoms with Gasteiger partial charge in [-0.25, -0.2) is 9.97 Å². The maximum atomic E-state index is 9.93. The van der Waals surface area contributed by atoms with E-state index < -0.39 is 0 Å². The minimum absolute atomic E-state index is 0.0442. The van der Waals surface area contributed by atoms with Gasteiger partial charge in [0, 0.05) is 11.4 Å². The normalized spacial score (nSPS) is 25.5. The molecule has 2 aromatic rings. The molecule has 2 atom stereocenters. The standard InChI is InChI=1S/C15H19N3O2S/c19-7-9-5-10(20)6-18(9)14-13-11-3-1-2-4-12(11)21-15(13)17-8-16-14/h8-10,19-20H,1-7H2/t9-,10+/m0/s1. The Kier molecular flexibility index (Phi) is 3.32. The van der Waals surface area contributed by atoms with E-state index in [0.717, 1.165) is 28.9 Å². The Labute approximate surface area is 127 Å². The molecule has 0 unspecified atom stereocenters. The third-order valence-corrected chi connectivity index (χ3v) is 5.81. The molecule has 3 heterocycles. The van der Waals surface area contributed by atoms with Gasteiger partial charge in [0.15, 0.2) is 0 Å². The number of β-amino-alcohol motifs (C(OH)–C–C–N with tert-alkyl or cyclic N) is 1. The van der Waals surface area contributed by atoms with Crippen LogP contribution in [0.25, 0.3) is 10.2 Å². The number of hydrogen-bond donors (Lipinski definition) is 2. The Morgan fingerprint density at radius 3 is 3.00 bits per heavy atom. The highest BCUT2D eigenvalue weighted by atomic mass is 32.1. The first-order valence-electron chi connectivity index (χ1n) is 7.58. The van der Waals surface area contributed by atoms with Gasteiger partial charge in [0.2, 0.25) is 0 Å². The van der Waals surface area contributed by atoms with E-state index in [0.29, 0.717) is 13.0 Å². The molecule has 21 heavy (non-hydrogen) atoms. The summed E-state index contributed by atoms with van der Waals surface area (Å²) < 4.78 is 0. The van der Waals surface area contributed by atoms with Gasteiger partial charge in [-0.2, -0.15) is 0 Å². The van der Waals surface area contributed by atoms with Crippen molar-refractivity contribution in [2.75, 3.05) is 18.1 Å². The molecule has 2 aromatic heterocycles. The number of aromatic nitrogens is 2. The lowest BCUT2D eigenvalue weighted by Gasteiger charge is -2.25. The van der Waals surface area contributed by atoms with Crippen molar-refractivity contribution < 1.29 is 10.2 Å². The molecule has 2 aliphatic rings. The minimum Gasteiger partial charge on any atom is -0.394 e. The van der Waals surface area contributed by atoms with Crippen molar-refractivity contribution >= 4 is 27.4 Å². The van der Waals surface area contributed by atoms with Crippen LogP contribution in [0.4, 0.5) is 5.82 Å². The van der Waals surface area contributed by atoms with E-state index in [4.69, 9.17) is 0 Å². The Hall–Kier alpha value is -1.24. The lowest BCUT2D eigenvalue weighted by molar-refractivity contribution is 0.184. The zero-order chi connectivity index (χ0) is 14.4. The van der Waals surface area contributed by atoms with Gasteiger partial charge >= 0.3 is 0 Å². The molecule has 0 radical (unpaired) electrons. The zero-order valence-corrected chi connectivity index (χ0v) is 12.6. The molecular formula is C15H19N3O2S. The molecule has 1 fully saturated rings. The van der Waals surface area contributed by atoms with Crippen LogP contribution in [-0.2, 0) is 12.8 Å². The Morgan fingerprint density at radius 1 is 1.29 bits per heavy atom. The molecule has 2 N–H and O–H groups in total. The summed E-state index contributed by atoms with van der Waals surface area (Å²) in [7, 11) is 0. The van der Waals surface area contributed by atoms with Crippen molar-refractivity contribution in [1.82, 2.24) is 9.97 Å². The van der Waals surface area contributed by atoms with E-state index in [1.54, 1.807) is 17.7 Å². The molecule has 1 saturated heterocycles. The fourth-order valence-electron chi connectivity index (χ4n) is 3.62. The topological polar surface area (TPSA) is 69.5 Å².